The molecule has 1 saturated heterocycles. The molecule has 3 aromatic rings. The summed E-state index contributed by atoms with van der Waals surface area (Å²) < 4.78 is 10.6. The molecule has 3 heterocycles. The van der Waals surface area contributed by atoms with Crippen molar-refractivity contribution in [1.82, 2.24) is 20.1 Å². The van der Waals surface area contributed by atoms with Crippen LogP contribution in [0.3, 0.4) is 0 Å². The van der Waals surface area contributed by atoms with Gasteiger partial charge in [0, 0.05) is 36.7 Å². The molecule has 2 aromatic heterocycles. The molecular weight excluding hydrogens is 294 g/mol. The van der Waals surface area contributed by atoms with E-state index in [0.717, 1.165) is 31.9 Å². The van der Waals surface area contributed by atoms with Crippen LogP contribution < -0.4 is 4.90 Å². The Balaban J connectivity index is 1.55. The van der Waals surface area contributed by atoms with Gasteiger partial charge in [-0.2, -0.15) is 4.98 Å². The minimum Gasteiger partial charge on any atom is -0.378 e. The maximum Gasteiger partial charge on any atom is 0.278 e. The molecule has 1 fully saturated rings. The van der Waals surface area contributed by atoms with Crippen LogP contribution in [0.15, 0.2) is 47.4 Å². The summed E-state index contributed by atoms with van der Waals surface area (Å²) in [5.41, 5.74) is 2.65. The summed E-state index contributed by atoms with van der Waals surface area (Å²) in [6, 6.07) is 8.13. The Bertz CT molecular complexity index is 767. The lowest BCUT2D eigenvalue weighted by Gasteiger charge is -2.28. The molecule has 0 aliphatic carbocycles. The zero-order valence-corrected chi connectivity index (χ0v) is 12.4. The van der Waals surface area contributed by atoms with E-state index in [-0.39, 0.29) is 0 Å². The number of ether oxygens (including phenoxy) is 1. The van der Waals surface area contributed by atoms with Crippen molar-refractivity contribution in [3.63, 3.8) is 0 Å². The second-order valence-corrected chi connectivity index (χ2v) is 5.16. The quantitative estimate of drug-likeness (QED) is 0.732. The lowest BCUT2D eigenvalue weighted by atomic mass is 10.2. The van der Waals surface area contributed by atoms with Gasteiger partial charge < -0.3 is 14.2 Å². The standard InChI is InChI=1S/C16H15N5O2/c1-3-13(21-7-9-22-10-8-21)4-2-12(1)15-19-16(23-20-15)14-11-17-5-6-18-14/h1-6,11H,7-10H2. The second-order valence-electron chi connectivity index (χ2n) is 5.16. The van der Waals surface area contributed by atoms with E-state index in [2.05, 4.69) is 37.1 Å². The van der Waals surface area contributed by atoms with Gasteiger partial charge in [-0.05, 0) is 24.3 Å². The lowest BCUT2D eigenvalue weighted by molar-refractivity contribution is 0.122. The van der Waals surface area contributed by atoms with Crippen LogP contribution in [0.4, 0.5) is 5.69 Å². The van der Waals surface area contributed by atoms with E-state index in [1.165, 1.54) is 5.69 Å². The number of hydrogen-bond acceptors (Lipinski definition) is 7. The van der Waals surface area contributed by atoms with Crippen molar-refractivity contribution in [3.05, 3.63) is 42.9 Å². The third-order valence-electron chi connectivity index (χ3n) is 3.71. The Labute approximate surface area is 132 Å². The number of nitrogens with zero attached hydrogens (tertiary/aromatic N) is 5. The second kappa shape index (κ2) is 6.13. The van der Waals surface area contributed by atoms with Crippen LogP contribution >= 0.6 is 0 Å². The topological polar surface area (TPSA) is 77.2 Å². The number of anilines is 1. The average molecular weight is 309 g/mol. The van der Waals surface area contributed by atoms with E-state index in [4.69, 9.17) is 9.26 Å². The summed E-state index contributed by atoms with van der Waals surface area (Å²) in [7, 11) is 0. The Morgan fingerprint density at radius 1 is 1.00 bits per heavy atom. The minimum atomic E-state index is 0.366. The van der Waals surface area contributed by atoms with Gasteiger partial charge in [-0.1, -0.05) is 5.16 Å². The van der Waals surface area contributed by atoms with Gasteiger partial charge in [0.25, 0.3) is 5.89 Å². The fourth-order valence-electron chi connectivity index (χ4n) is 2.50. The van der Waals surface area contributed by atoms with Crippen molar-refractivity contribution < 1.29 is 9.26 Å². The minimum absolute atomic E-state index is 0.366. The molecule has 116 valence electrons. The number of morpholine rings is 1. The van der Waals surface area contributed by atoms with Crippen molar-refractivity contribution in [2.24, 2.45) is 0 Å². The van der Waals surface area contributed by atoms with E-state index in [1.807, 2.05) is 12.1 Å². The summed E-state index contributed by atoms with van der Waals surface area (Å²) in [5, 5.41) is 4.02. The van der Waals surface area contributed by atoms with E-state index < -0.39 is 0 Å². The van der Waals surface area contributed by atoms with Gasteiger partial charge >= 0.3 is 0 Å². The largest absolute Gasteiger partial charge is 0.378 e. The van der Waals surface area contributed by atoms with Crippen molar-refractivity contribution in [3.8, 4) is 23.0 Å². The van der Waals surface area contributed by atoms with Crippen molar-refractivity contribution >= 4 is 5.69 Å². The van der Waals surface area contributed by atoms with Crippen LogP contribution in [0.5, 0.6) is 0 Å². The molecule has 0 spiro atoms. The smallest absolute Gasteiger partial charge is 0.278 e. The number of aromatic nitrogens is 4. The summed E-state index contributed by atoms with van der Waals surface area (Å²) >= 11 is 0. The van der Waals surface area contributed by atoms with Crippen molar-refractivity contribution in [2.75, 3.05) is 31.2 Å². The first kappa shape index (κ1) is 13.8. The first-order valence-corrected chi connectivity index (χ1v) is 7.43. The van der Waals surface area contributed by atoms with Crippen LogP contribution in [0, 0.1) is 0 Å². The molecule has 23 heavy (non-hydrogen) atoms. The first-order valence-electron chi connectivity index (χ1n) is 7.43. The highest BCUT2D eigenvalue weighted by Crippen LogP contribution is 2.23. The van der Waals surface area contributed by atoms with Gasteiger partial charge in [-0.25, -0.2) is 4.98 Å². The van der Waals surface area contributed by atoms with Crippen LogP contribution in [-0.2, 0) is 4.74 Å². The highest BCUT2D eigenvalue weighted by Gasteiger charge is 2.14. The fourth-order valence-corrected chi connectivity index (χ4v) is 2.50. The monoisotopic (exact) mass is 309 g/mol. The zero-order chi connectivity index (χ0) is 15.5. The maximum atomic E-state index is 5.37. The molecule has 0 saturated carbocycles. The lowest BCUT2D eigenvalue weighted by Crippen LogP contribution is -2.36. The average Bonchev–Trinajstić information content (AvgIpc) is 3.14. The SMILES string of the molecule is c1cnc(-c2nc(-c3ccc(N4CCOCC4)cc3)no2)cn1. The molecule has 1 aliphatic rings. The molecular formula is C16H15N5O2. The van der Waals surface area contributed by atoms with Gasteiger partial charge in [-0.3, -0.25) is 4.98 Å². The molecule has 0 N–H and O–H groups in total. The number of hydrogen-bond donors (Lipinski definition) is 0. The van der Waals surface area contributed by atoms with E-state index in [0.29, 0.717) is 17.4 Å². The Morgan fingerprint density at radius 2 is 1.83 bits per heavy atom. The van der Waals surface area contributed by atoms with Crippen molar-refractivity contribution in [2.45, 2.75) is 0 Å². The molecule has 0 unspecified atom stereocenters. The third-order valence-corrected chi connectivity index (χ3v) is 3.71. The Hall–Kier alpha value is -2.80. The van der Waals surface area contributed by atoms with Gasteiger partial charge in [0.1, 0.15) is 5.69 Å². The summed E-state index contributed by atoms with van der Waals surface area (Å²) in [6.07, 6.45) is 4.79. The van der Waals surface area contributed by atoms with E-state index in [9.17, 15) is 0 Å². The maximum absolute atomic E-state index is 5.37. The summed E-state index contributed by atoms with van der Waals surface area (Å²) in [5.74, 6) is 0.907. The zero-order valence-electron chi connectivity index (χ0n) is 12.4. The summed E-state index contributed by atoms with van der Waals surface area (Å²) in [4.78, 5) is 14.8. The van der Waals surface area contributed by atoms with Gasteiger partial charge in [-0.15, -0.1) is 0 Å². The van der Waals surface area contributed by atoms with Gasteiger partial charge in [0.05, 0.1) is 19.4 Å². The van der Waals surface area contributed by atoms with E-state index >= 15 is 0 Å². The van der Waals surface area contributed by atoms with Crippen LogP contribution in [-0.4, -0.2) is 46.4 Å². The molecule has 4 rings (SSSR count). The predicted molar refractivity (Wildman–Crippen MR) is 83.8 cm³/mol. The fraction of sp³-hybridized carbons (Fsp3) is 0.250. The molecule has 1 aromatic carbocycles. The first-order chi connectivity index (χ1) is 11.4. The highest BCUT2D eigenvalue weighted by molar-refractivity contribution is 5.61. The predicted octanol–water partition coefficient (Wildman–Crippen LogP) is 2.03. The molecule has 0 bridgehead atoms. The Morgan fingerprint density at radius 3 is 2.57 bits per heavy atom. The molecule has 0 radical (unpaired) electrons. The van der Waals surface area contributed by atoms with Gasteiger partial charge in [0.15, 0.2) is 0 Å². The number of rotatable bonds is 3. The van der Waals surface area contributed by atoms with Crippen LogP contribution in [0.1, 0.15) is 0 Å². The molecule has 1 aliphatic heterocycles. The molecule has 7 heteroatoms. The van der Waals surface area contributed by atoms with E-state index in [1.54, 1.807) is 18.6 Å². The normalized spacial score (nSPS) is 14.9. The van der Waals surface area contributed by atoms with Crippen molar-refractivity contribution in [1.29, 1.82) is 0 Å². The highest BCUT2D eigenvalue weighted by atomic mass is 16.5. The molecule has 0 amide bonds. The van der Waals surface area contributed by atoms with Gasteiger partial charge in [0.2, 0.25) is 5.82 Å². The number of benzene rings is 1. The molecule has 7 nitrogen and oxygen atoms in total. The third kappa shape index (κ3) is 2.91. The van der Waals surface area contributed by atoms with Crippen LogP contribution in [0.25, 0.3) is 23.0 Å². The summed E-state index contributed by atoms with van der Waals surface area (Å²) in [6.45, 7) is 3.37. The molecule has 0 atom stereocenters. The Kier molecular flexibility index (Phi) is 3.69. The van der Waals surface area contributed by atoms with Crippen LogP contribution in [0.2, 0.25) is 0 Å².